The van der Waals surface area contributed by atoms with E-state index >= 15 is 0 Å². The van der Waals surface area contributed by atoms with Crippen molar-refractivity contribution in [2.45, 2.75) is 18.0 Å². The summed E-state index contributed by atoms with van der Waals surface area (Å²) >= 11 is 0. The number of primary sulfonamides is 1. The van der Waals surface area contributed by atoms with E-state index in [-0.39, 0.29) is 36.6 Å². The van der Waals surface area contributed by atoms with Crippen LogP contribution in [0.15, 0.2) is 59.5 Å². The van der Waals surface area contributed by atoms with E-state index in [1.807, 2.05) is 6.92 Å². The van der Waals surface area contributed by atoms with Crippen molar-refractivity contribution in [2.75, 3.05) is 0 Å². The molecule has 0 aliphatic heterocycles. The minimum Gasteiger partial charge on any atom is -1.00 e. The number of alkyl halides is 3. The van der Waals surface area contributed by atoms with E-state index < -0.39 is 21.9 Å². The van der Waals surface area contributed by atoms with Crippen LogP contribution in [0, 0.1) is 6.92 Å². The molecule has 0 aliphatic carbocycles. The minimum absolute atomic E-state index is 0. The third kappa shape index (κ3) is 4.62. The predicted octanol–water partition coefficient (Wildman–Crippen LogP) is 0.630. The average Bonchev–Trinajstić information content (AvgIpc) is 3.00. The molecule has 0 saturated carbocycles. The molecular weight excluding hydrogens is 374 g/mol. The molecule has 1 aromatic heterocycles. The maximum Gasteiger partial charge on any atom is 1.00 e. The fourth-order valence-electron chi connectivity index (χ4n) is 2.42. The van der Waals surface area contributed by atoms with Crippen LogP contribution < -0.4 is 24.0 Å². The first-order valence-electron chi connectivity index (χ1n) is 7.43. The van der Waals surface area contributed by atoms with Gasteiger partial charge in [0.05, 0.1) is 16.3 Å². The number of nitrogens with zero attached hydrogens (tertiary/aromatic N) is 2. The van der Waals surface area contributed by atoms with Gasteiger partial charge in [-0.15, -0.1) is 0 Å². The van der Waals surface area contributed by atoms with Gasteiger partial charge in [-0.2, -0.15) is 18.3 Å². The van der Waals surface area contributed by atoms with Crippen LogP contribution in [0.25, 0.3) is 16.9 Å². The normalized spacial score (nSPS) is 11.9. The Hall–Kier alpha value is -2.05. The Balaban J connectivity index is 0.00000196. The summed E-state index contributed by atoms with van der Waals surface area (Å²) in [6, 6.07) is 13.1. The van der Waals surface area contributed by atoms with Crippen LogP contribution >= 0.6 is 0 Å². The second-order valence-corrected chi connectivity index (χ2v) is 7.29. The molecule has 0 radical (unpaired) electrons. The molecule has 3 aromatic rings. The molecule has 0 unspecified atom stereocenters. The third-order valence-electron chi connectivity index (χ3n) is 3.76. The van der Waals surface area contributed by atoms with E-state index in [2.05, 4.69) is 5.10 Å². The Morgan fingerprint density at radius 1 is 1.04 bits per heavy atom. The molecule has 3 rings (SSSR count). The van der Waals surface area contributed by atoms with Gasteiger partial charge in [-0.1, -0.05) is 29.8 Å². The van der Waals surface area contributed by atoms with Crippen molar-refractivity contribution in [3.63, 3.8) is 0 Å². The van der Waals surface area contributed by atoms with Crippen molar-refractivity contribution < 1.29 is 41.9 Å². The summed E-state index contributed by atoms with van der Waals surface area (Å²) in [4.78, 5) is -0.138. The largest absolute Gasteiger partial charge is 1.00 e. The number of hydrogen-bond acceptors (Lipinski definition) is 3. The zero-order valence-electron chi connectivity index (χ0n) is 15.5. The van der Waals surface area contributed by atoms with Crippen molar-refractivity contribution in [3.8, 4) is 16.9 Å². The van der Waals surface area contributed by atoms with E-state index in [1.54, 1.807) is 24.3 Å². The number of halogens is 3. The van der Waals surface area contributed by atoms with E-state index in [0.29, 0.717) is 5.56 Å². The van der Waals surface area contributed by atoms with Crippen LogP contribution in [0.3, 0.4) is 0 Å². The molecule has 1 heterocycles. The maximum atomic E-state index is 13.1. The van der Waals surface area contributed by atoms with Crippen molar-refractivity contribution >= 4 is 10.0 Å². The second kappa shape index (κ2) is 7.52. The van der Waals surface area contributed by atoms with E-state index in [1.165, 1.54) is 24.3 Å². The molecule has 0 atom stereocenters. The van der Waals surface area contributed by atoms with Crippen molar-refractivity contribution in [1.29, 1.82) is 0 Å². The summed E-state index contributed by atoms with van der Waals surface area (Å²) in [5.74, 6) is 0. The number of rotatable bonds is 3. The Morgan fingerprint density at radius 3 is 2.07 bits per heavy atom. The number of benzene rings is 2. The first kappa shape index (κ1) is 21.2. The van der Waals surface area contributed by atoms with Crippen LogP contribution in [-0.2, 0) is 16.2 Å². The number of sulfonamides is 1. The van der Waals surface area contributed by atoms with Gasteiger partial charge in [0.1, 0.15) is 0 Å². The van der Waals surface area contributed by atoms with Gasteiger partial charge >= 0.3 is 25.0 Å². The number of hydrogen-bond donors (Lipinski definition) is 1. The van der Waals surface area contributed by atoms with Gasteiger partial charge in [-0.3, -0.25) is 0 Å². The van der Waals surface area contributed by atoms with Crippen LogP contribution in [0.1, 0.15) is 12.7 Å². The summed E-state index contributed by atoms with van der Waals surface area (Å²) in [6.45, 7) is 1.87. The quantitative estimate of drug-likeness (QED) is 0.668. The standard InChI is InChI=1S/C17H14F3N3O2S.Li.H/c1-11-2-4-12(5-3-11)15-10-16(17(18,19)20)22-23(15)13-6-8-14(9-7-13)26(21,24)25;;/h2-10H,1H3,(H2,21,24,25);;/q;+1;-1. The molecule has 10 heteroatoms. The van der Waals surface area contributed by atoms with Gasteiger partial charge in [-0.25, -0.2) is 18.2 Å². The van der Waals surface area contributed by atoms with Crippen molar-refractivity contribution in [2.24, 2.45) is 5.14 Å². The van der Waals surface area contributed by atoms with Crippen molar-refractivity contribution in [3.05, 3.63) is 65.9 Å². The van der Waals surface area contributed by atoms with Gasteiger partial charge in [0, 0.05) is 5.56 Å². The molecule has 2 N–H and O–H groups in total. The molecule has 138 valence electrons. The van der Waals surface area contributed by atoms with E-state index in [4.69, 9.17) is 5.14 Å². The maximum absolute atomic E-state index is 13.1. The summed E-state index contributed by atoms with van der Waals surface area (Å²) in [7, 11) is -3.90. The first-order chi connectivity index (χ1) is 12.1. The third-order valence-corrected chi connectivity index (χ3v) is 4.69. The Morgan fingerprint density at radius 2 is 1.59 bits per heavy atom. The molecule has 0 saturated heterocycles. The number of nitrogens with two attached hydrogens (primary N) is 1. The monoisotopic (exact) mass is 389 g/mol. The van der Waals surface area contributed by atoms with Gasteiger partial charge in [0.2, 0.25) is 10.0 Å². The molecule has 0 spiro atoms. The van der Waals surface area contributed by atoms with Crippen LogP contribution in [0.2, 0.25) is 0 Å². The van der Waals surface area contributed by atoms with Crippen LogP contribution in [0.5, 0.6) is 0 Å². The van der Waals surface area contributed by atoms with E-state index in [9.17, 15) is 21.6 Å². The van der Waals surface area contributed by atoms with E-state index in [0.717, 1.165) is 16.3 Å². The predicted molar refractivity (Wildman–Crippen MR) is 91.2 cm³/mol. The Labute approximate surface area is 167 Å². The molecule has 0 bridgehead atoms. The zero-order valence-corrected chi connectivity index (χ0v) is 15.3. The Bertz CT molecular complexity index is 1050. The molecule has 0 fully saturated rings. The minimum atomic E-state index is -4.61. The van der Waals surface area contributed by atoms with Crippen molar-refractivity contribution in [1.82, 2.24) is 9.78 Å². The molecule has 0 amide bonds. The summed E-state index contributed by atoms with van der Waals surface area (Å²) in [5.41, 5.74) is 0.996. The topological polar surface area (TPSA) is 78.0 Å². The number of aromatic nitrogens is 2. The van der Waals surface area contributed by atoms with Gasteiger partial charge in [0.25, 0.3) is 0 Å². The van der Waals surface area contributed by atoms with Crippen LogP contribution in [0.4, 0.5) is 13.2 Å². The molecule has 0 aliphatic rings. The molecular formula is C17H15F3LiN3O2S. The first-order valence-corrected chi connectivity index (χ1v) is 8.98. The van der Waals surface area contributed by atoms with Crippen LogP contribution in [-0.4, -0.2) is 18.2 Å². The smallest absolute Gasteiger partial charge is 1.00 e. The second-order valence-electron chi connectivity index (χ2n) is 5.73. The SMILES string of the molecule is Cc1ccc(-c2cc(C(F)(F)F)nn2-c2ccc(S(N)(=O)=O)cc2)cc1.[H-].[Li+]. The van der Waals surface area contributed by atoms with Gasteiger partial charge in [0.15, 0.2) is 5.69 Å². The fraction of sp³-hybridized carbons (Fsp3) is 0.118. The fourth-order valence-corrected chi connectivity index (χ4v) is 2.94. The Kier molecular flexibility index (Phi) is 5.92. The molecule has 27 heavy (non-hydrogen) atoms. The summed E-state index contributed by atoms with van der Waals surface area (Å²) < 4.78 is 63.2. The summed E-state index contributed by atoms with van der Waals surface area (Å²) in [5, 5.41) is 8.70. The molecule has 5 nitrogen and oxygen atoms in total. The van der Waals surface area contributed by atoms with Gasteiger partial charge in [-0.05, 0) is 37.3 Å². The summed E-state index contributed by atoms with van der Waals surface area (Å²) in [6.07, 6.45) is -4.61. The average molecular weight is 389 g/mol. The van der Waals surface area contributed by atoms with Gasteiger partial charge < -0.3 is 1.43 Å². The molecule has 2 aromatic carbocycles. The number of aryl methyl sites for hydroxylation is 1. The zero-order chi connectivity index (χ0) is 19.1.